The molecular formula is C11H13N3O3S. The minimum Gasteiger partial charge on any atom is -0.463 e. The van der Waals surface area contributed by atoms with Crippen molar-refractivity contribution in [3.8, 4) is 0 Å². The van der Waals surface area contributed by atoms with Gasteiger partial charge in [0.05, 0.1) is 13.7 Å². The minimum absolute atomic E-state index is 0.195. The topological polar surface area (TPSA) is 77.2 Å². The summed E-state index contributed by atoms with van der Waals surface area (Å²) in [7, 11) is 1.32. The number of ether oxygens (including phenoxy) is 1. The number of hydrogen-bond donors (Lipinski definition) is 1. The maximum atomic E-state index is 11.2. The van der Waals surface area contributed by atoms with E-state index < -0.39 is 5.97 Å². The van der Waals surface area contributed by atoms with Gasteiger partial charge in [0.25, 0.3) is 0 Å². The van der Waals surface area contributed by atoms with Gasteiger partial charge in [-0.25, -0.2) is 4.79 Å². The number of nitrogens with one attached hydrogen (secondary N) is 1. The molecule has 96 valence electrons. The summed E-state index contributed by atoms with van der Waals surface area (Å²) in [5.41, 5.74) is 0. The van der Waals surface area contributed by atoms with E-state index in [0.29, 0.717) is 12.3 Å². The summed E-state index contributed by atoms with van der Waals surface area (Å²) in [4.78, 5) is 11.2. The van der Waals surface area contributed by atoms with E-state index in [1.54, 1.807) is 12.1 Å². The molecule has 0 unspecified atom stereocenters. The molecule has 0 amide bonds. The van der Waals surface area contributed by atoms with Crippen LogP contribution in [0.25, 0.3) is 0 Å². The standard InChI is InChI=1S/C11H13N3O3S/c1-3-9-13-14-11(18-9)12-6-7-4-5-8(17-7)10(15)16-2/h4-5H,3,6H2,1-2H3,(H,12,14). The van der Waals surface area contributed by atoms with Crippen LogP contribution in [0.2, 0.25) is 0 Å². The summed E-state index contributed by atoms with van der Waals surface area (Å²) >= 11 is 1.50. The Bertz CT molecular complexity index is 535. The van der Waals surface area contributed by atoms with Gasteiger partial charge in [-0.05, 0) is 18.6 Å². The zero-order valence-electron chi connectivity index (χ0n) is 10.1. The number of esters is 1. The molecule has 0 atom stereocenters. The van der Waals surface area contributed by atoms with E-state index in [1.807, 2.05) is 6.92 Å². The number of methoxy groups -OCH3 is 1. The molecule has 0 fully saturated rings. The normalized spacial score (nSPS) is 10.3. The lowest BCUT2D eigenvalue weighted by Crippen LogP contribution is -2.00. The van der Waals surface area contributed by atoms with Crippen molar-refractivity contribution in [2.75, 3.05) is 12.4 Å². The molecule has 2 aromatic rings. The molecule has 0 aliphatic heterocycles. The Morgan fingerprint density at radius 2 is 2.33 bits per heavy atom. The first kappa shape index (κ1) is 12.6. The molecule has 0 saturated heterocycles. The molecule has 0 spiro atoms. The summed E-state index contributed by atoms with van der Waals surface area (Å²) in [6.07, 6.45) is 0.868. The van der Waals surface area contributed by atoms with E-state index >= 15 is 0 Å². The van der Waals surface area contributed by atoms with Crippen LogP contribution in [0, 0.1) is 0 Å². The lowest BCUT2D eigenvalue weighted by Gasteiger charge is -1.98. The van der Waals surface area contributed by atoms with E-state index in [4.69, 9.17) is 4.42 Å². The monoisotopic (exact) mass is 267 g/mol. The molecule has 0 bridgehead atoms. The van der Waals surface area contributed by atoms with Crippen LogP contribution in [0.5, 0.6) is 0 Å². The first-order valence-electron chi connectivity index (χ1n) is 5.46. The second-order valence-electron chi connectivity index (χ2n) is 3.47. The number of carbonyl (C=O) groups is 1. The van der Waals surface area contributed by atoms with E-state index in [9.17, 15) is 4.79 Å². The van der Waals surface area contributed by atoms with Gasteiger partial charge in [-0.15, -0.1) is 10.2 Å². The quantitative estimate of drug-likeness (QED) is 0.836. The second kappa shape index (κ2) is 5.63. The van der Waals surface area contributed by atoms with Gasteiger partial charge in [-0.2, -0.15) is 0 Å². The Morgan fingerprint density at radius 3 is 3.00 bits per heavy atom. The van der Waals surface area contributed by atoms with Crippen molar-refractivity contribution in [2.24, 2.45) is 0 Å². The van der Waals surface area contributed by atoms with Crippen molar-refractivity contribution in [3.05, 3.63) is 28.7 Å². The molecular weight excluding hydrogens is 254 g/mol. The highest BCUT2D eigenvalue weighted by atomic mass is 32.1. The average molecular weight is 267 g/mol. The number of aryl methyl sites for hydroxylation is 1. The van der Waals surface area contributed by atoms with Gasteiger partial charge in [0.15, 0.2) is 0 Å². The van der Waals surface area contributed by atoms with Gasteiger partial charge in [0.1, 0.15) is 10.8 Å². The summed E-state index contributed by atoms with van der Waals surface area (Å²) < 4.78 is 9.87. The Kier molecular flexibility index (Phi) is 3.93. The van der Waals surface area contributed by atoms with Crippen molar-refractivity contribution in [1.82, 2.24) is 10.2 Å². The molecule has 0 aliphatic rings. The van der Waals surface area contributed by atoms with Crippen LogP contribution in [-0.2, 0) is 17.7 Å². The van der Waals surface area contributed by atoms with Crippen molar-refractivity contribution in [1.29, 1.82) is 0 Å². The molecule has 2 heterocycles. The maximum absolute atomic E-state index is 11.2. The van der Waals surface area contributed by atoms with Crippen molar-refractivity contribution in [3.63, 3.8) is 0 Å². The highest BCUT2D eigenvalue weighted by Gasteiger charge is 2.11. The zero-order chi connectivity index (χ0) is 13.0. The minimum atomic E-state index is -0.481. The van der Waals surface area contributed by atoms with Crippen LogP contribution in [0.15, 0.2) is 16.5 Å². The number of rotatable bonds is 5. The summed E-state index contributed by atoms with van der Waals surface area (Å²) in [5, 5.41) is 12.8. The predicted molar refractivity (Wildman–Crippen MR) is 66.7 cm³/mol. The Hall–Kier alpha value is -1.89. The summed E-state index contributed by atoms with van der Waals surface area (Å²) in [6.45, 7) is 2.48. The summed E-state index contributed by atoms with van der Waals surface area (Å²) in [6, 6.07) is 3.31. The molecule has 0 aliphatic carbocycles. The second-order valence-corrected chi connectivity index (χ2v) is 4.53. The van der Waals surface area contributed by atoms with Crippen molar-refractivity contribution in [2.45, 2.75) is 19.9 Å². The predicted octanol–water partition coefficient (Wildman–Crippen LogP) is 2.09. The molecule has 2 rings (SSSR count). The van der Waals surface area contributed by atoms with E-state index in [2.05, 4.69) is 20.3 Å². The third-order valence-corrected chi connectivity index (χ3v) is 3.26. The fraction of sp³-hybridized carbons (Fsp3) is 0.364. The van der Waals surface area contributed by atoms with Gasteiger partial charge in [0, 0.05) is 0 Å². The number of carbonyl (C=O) groups excluding carboxylic acids is 1. The Labute approximate surface area is 108 Å². The molecule has 6 nitrogen and oxygen atoms in total. The number of furan rings is 1. The van der Waals surface area contributed by atoms with Gasteiger partial charge in [0.2, 0.25) is 10.9 Å². The fourth-order valence-electron chi connectivity index (χ4n) is 1.31. The third-order valence-electron chi connectivity index (χ3n) is 2.23. The molecule has 0 radical (unpaired) electrons. The van der Waals surface area contributed by atoms with Crippen LogP contribution in [0.3, 0.4) is 0 Å². The largest absolute Gasteiger partial charge is 0.463 e. The van der Waals surface area contributed by atoms with Crippen LogP contribution < -0.4 is 5.32 Å². The molecule has 7 heteroatoms. The lowest BCUT2D eigenvalue weighted by molar-refractivity contribution is 0.0563. The Balaban J connectivity index is 1.93. The fourth-order valence-corrected chi connectivity index (χ4v) is 1.99. The maximum Gasteiger partial charge on any atom is 0.373 e. The molecule has 0 saturated carbocycles. The van der Waals surface area contributed by atoms with Gasteiger partial charge in [-0.3, -0.25) is 0 Å². The average Bonchev–Trinajstić information content (AvgIpc) is 3.04. The van der Waals surface area contributed by atoms with Crippen LogP contribution in [0.1, 0.15) is 28.2 Å². The Morgan fingerprint density at radius 1 is 1.50 bits per heavy atom. The van der Waals surface area contributed by atoms with Crippen LogP contribution in [0.4, 0.5) is 5.13 Å². The number of nitrogens with zero attached hydrogens (tertiary/aromatic N) is 2. The third kappa shape index (κ3) is 2.86. The molecule has 0 aromatic carbocycles. The zero-order valence-corrected chi connectivity index (χ0v) is 10.9. The molecule has 1 N–H and O–H groups in total. The van der Waals surface area contributed by atoms with Crippen molar-refractivity contribution >= 4 is 22.4 Å². The van der Waals surface area contributed by atoms with E-state index in [-0.39, 0.29) is 5.76 Å². The highest BCUT2D eigenvalue weighted by Crippen LogP contribution is 2.17. The highest BCUT2D eigenvalue weighted by molar-refractivity contribution is 7.15. The van der Waals surface area contributed by atoms with Gasteiger partial charge >= 0.3 is 5.97 Å². The smallest absolute Gasteiger partial charge is 0.373 e. The molecule has 2 aromatic heterocycles. The van der Waals surface area contributed by atoms with Crippen molar-refractivity contribution < 1.29 is 13.9 Å². The first-order chi connectivity index (χ1) is 8.72. The SMILES string of the molecule is CCc1nnc(NCc2ccc(C(=O)OC)o2)s1. The van der Waals surface area contributed by atoms with Gasteiger partial charge in [-0.1, -0.05) is 18.3 Å². The number of aromatic nitrogens is 2. The van der Waals surface area contributed by atoms with Crippen LogP contribution in [-0.4, -0.2) is 23.3 Å². The number of anilines is 1. The number of hydrogen-bond acceptors (Lipinski definition) is 7. The van der Waals surface area contributed by atoms with Crippen LogP contribution >= 0.6 is 11.3 Å². The first-order valence-corrected chi connectivity index (χ1v) is 6.28. The summed E-state index contributed by atoms with van der Waals surface area (Å²) in [5.74, 6) is 0.356. The van der Waals surface area contributed by atoms with Gasteiger partial charge < -0.3 is 14.5 Å². The van der Waals surface area contributed by atoms with E-state index in [0.717, 1.165) is 16.6 Å². The molecule has 18 heavy (non-hydrogen) atoms. The lowest BCUT2D eigenvalue weighted by atomic mass is 10.4. The van der Waals surface area contributed by atoms with E-state index in [1.165, 1.54) is 18.4 Å².